The first-order valence-electron chi connectivity index (χ1n) is 9.57. The van der Waals surface area contributed by atoms with Crippen molar-refractivity contribution in [3.63, 3.8) is 0 Å². The second-order valence-electron chi connectivity index (χ2n) is 7.64. The summed E-state index contributed by atoms with van der Waals surface area (Å²) in [6.45, 7) is 4.10. The number of benzene rings is 1. The van der Waals surface area contributed by atoms with Gasteiger partial charge in [0.05, 0.1) is 11.8 Å². The van der Waals surface area contributed by atoms with Crippen LogP contribution in [0.5, 0.6) is 0 Å². The number of carbonyl (C=O) groups is 1. The lowest BCUT2D eigenvalue weighted by atomic mass is 9.88. The average molecular weight is 354 g/mol. The Hall–Kier alpha value is -2.14. The topological polar surface area (TPSA) is 55.6 Å². The van der Waals surface area contributed by atoms with Gasteiger partial charge in [0, 0.05) is 31.7 Å². The van der Waals surface area contributed by atoms with E-state index in [0.717, 1.165) is 31.1 Å². The van der Waals surface area contributed by atoms with Gasteiger partial charge in [-0.15, -0.1) is 0 Å². The highest BCUT2D eigenvalue weighted by Gasteiger charge is 2.35. The molecule has 1 aliphatic heterocycles. The Kier molecular flexibility index (Phi) is 5.07. The fourth-order valence-corrected chi connectivity index (χ4v) is 3.69. The van der Waals surface area contributed by atoms with Crippen LogP contribution in [0.2, 0.25) is 0 Å². The largest absolute Gasteiger partial charge is 0.377 e. The molecule has 0 bridgehead atoms. The second kappa shape index (κ2) is 7.62. The van der Waals surface area contributed by atoms with Crippen molar-refractivity contribution < 1.29 is 14.1 Å². The fourth-order valence-electron chi connectivity index (χ4n) is 3.69. The van der Waals surface area contributed by atoms with Crippen LogP contribution in [0.3, 0.4) is 0 Å². The summed E-state index contributed by atoms with van der Waals surface area (Å²) in [7, 11) is 0. The van der Waals surface area contributed by atoms with Gasteiger partial charge < -0.3 is 14.2 Å². The summed E-state index contributed by atoms with van der Waals surface area (Å²) in [4.78, 5) is 14.6. The number of carbonyl (C=O) groups excluding carboxylic acids is 1. The van der Waals surface area contributed by atoms with E-state index in [1.165, 1.54) is 18.4 Å². The minimum absolute atomic E-state index is 0.0655. The molecule has 0 radical (unpaired) electrons. The molecular weight excluding hydrogens is 328 g/mol. The van der Waals surface area contributed by atoms with Crippen LogP contribution in [0.25, 0.3) is 0 Å². The van der Waals surface area contributed by atoms with E-state index < -0.39 is 0 Å². The van der Waals surface area contributed by atoms with Gasteiger partial charge in [-0.05, 0) is 44.1 Å². The molecule has 138 valence electrons. The smallest absolute Gasteiger partial charge is 0.292 e. The van der Waals surface area contributed by atoms with E-state index in [9.17, 15) is 4.79 Å². The summed E-state index contributed by atoms with van der Waals surface area (Å²) in [5.74, 6) is 1.32. The van der Waals surface area contributed by atoms with Gasteiger partial charge >= 0.3 is 0 Å². The molecule has 1 saturated carbocycles. The van der Waals surface area contributed by atoms with Gasteiger partial charge in [0.2, 0.25) is 5.76 Å². The van der Waals surface area contributed by atoms with Gasteiger partial charge in [0.15, 0.2) is 0 Å². The van der Waals surface area contributed by atoms with Crippen molar-refractivity contribution >= 4 is 5.91 Å². The van der Waals surface area contributed by atoms with Crippen LogP contribution in [0.4, 0.5) is 0 Å². The lowest BCUT2D eigenvalue weighted by Gasteiger charge is -2.38. The predicted molar refractivity (Wildman–Crippen MR) is 97.9 cm³/mol. The lowest BCUT2D eigenvalue weighted by Crippen LogP contribution is -2.47. The first kappa shape index (κ1) is 17.3. The molecule has 2 heterocycles. The Morgan fingerprint density at radius 2 is 2.08 bits per heavy atom. The molecule has 2 fully saturated rings. The Balaban J connectivity index is 1.45. The number of aromatic nitrogens is 1. The maximum absolute atomic E-state index is 12.7. The zero-order valence-corrected chi connectivity index (χ0v) is 15.3. The van der Waals surface area contributed by atoms with Crippen molar-refractivity contribution in [2.75, 3.05) is 19.7 Å². The summed E-state index contributed by atoms with van der Waals surface area (Å²) in [6.07, 6.45) is 4.62. The molecule has 0 spiro atoms. The molecular formula is C21H26N2O3. The van der Waals surface area contributed by atoms with Crippen molar-refractivity contribution in [1.82, 2.24) is 10.1 Å². The molecule has 2 atom stereocenters. The van der Waals surface area contributed by atoms with Crippen molar-refractivity contribution in [3.8, 4) is 0 Å². The van der Waals surface area contributed by atoms with Gasteiger partial charge in [0.1, 0.15) is 0 Å². The van der Waals surface area contributed by atoms with Gasteiger partial charge in [-0.1, -0.05) is 35.5 Å². The van der Waals surface area contributed by atoms with Gasteiger partial charge in [0.25, 0.3) is 5.91 Å². The molecule has 1 saturated heterocycles. The summed E-state index contributed by atoms with van der Waals surface area (Å²) in [6, 6.07) is 12.2. The minimum Gasteiger partial charge on any atom is -0.377 e. The van der Waals surface area contributed by atoms with Crippen molar-refractivity contribution in [1.29, 1.82) is 0 Å². The zero-order valence-electron chi connectivity index (χ0n) is 15.3. The van der Waals surface area contributed by atoms with E-state index in [2.05, 4.69) is 29.4 Å². The van der Waals surface area contributed by atoms with Gasteiger partial charge in [-0.2, -0.15) is 0 Å². The van der Waals surface area contributed by atoms with E-state index in [4.69, 9.17) is 9.26 Å². The first-order chi connectivity index (χ1) is 12.7. The average Bonchev–Trinajstić information content (AvgIpc) is 3.39. The zero-order chi connectivity index (χ0) is 17.9. The number of hydrogen-bond acceptors (Lipinski definition) is 4. The van der Waals surface area contributed by atoms with Crippen LogP contribution in [0.1, 0.15) is 41.1 Å². The lowest BCUT2D eigenvalue weighted by molar-refractivity contribution is -0.0332. The van der Waals surface area contributed by atoms with E-state index in [1.807, 2.05) is 17.9 Å². The Bertz CT molecular complexity index is 739. The highest BCUT2D eigenvalue weighted by atomic mass is 16.5. The van der Waals surface area contributed by atoms with Crippen LogP contribution in [0, 0.1) is 18.8 Å². The summed E-state index contributed by atoms with van der Waals surface area (Å²) in [5.41, 5.74) is 2.03. The number of ether oxygens (including phenoxy) is 1. The van der Waals surface area contributed by atoms with Crippen LogP contribution in [-0.2, 0) is 11.2 Å². The molecule has 4 rings (SSSR count). The van der Waals surface area contributed by atoms with Crippen molar-refractivity contribution in [2.24, 2.45) is 11.8 Å². The molecule has 5 nitrogen and oxygen atoms in total. The number of aryl methyl sites for hydroxylation is 1. The summed E-state index contributed by atoms with van der Waals surface area (Å²) >= 11 is 0. The van der Waals surface area contributed by atoms with E-state index in [-0.39, 0.29) is 12.0 Å². The van der Waals surface area contributed by atoms with E-state index >= 15 is 0 Å². The highest BCUT2D eigenvalue weighted by molar-refractivity contribution is 5.91. The molecule has 1 aromatic carbocycles. The fraction of sp³-hybridized carbons (Fsp3) is 0.524. The standard InChI is InChI=1S/C21H26N2O3/c1-15-11-20(26-22-15)21(24)23-10-9-19(25-14-17-7-8-17)18(13-23)12-16-5-3-2-4-6-16/h2-6,11,17-19H,7-10,12-14H2,1H3/t18-,19+/m0/s1. The van der Waals surface area contributed by atoms with Crippen LogP contribution in [-0.4, -0.2) is 41.8 Å². The molecule has 0 unspecified atom stereocenters. The maximum Gasteiger partial charge on any atom is 0.292 e. The van der Waals surface area contributed by atoms with Crippen molar-refractivity contribution in [3.05, 3.63) is 53.4 Å². The molecule has 2 aromatic rings. The number of likely N-dealkylation sites (tertiary alicyclic amines) is 1. The molecule has 1 aromatic heterocycles. The van der Waals surface area contributed by atoms with Crippen LogP contribution < -0.4 is 0 Å². The highest BCUT2D eigenvalue weighted by Crippen LogP contribution is 2.32. The molecule has 5 heteroatoms. The first-order valence-corrected chi connectivity index (χ1v) is 9.57. The minimum atomic E-state index is -0.0655. The molecule has 1 aliphatic carbocycles. The molecule has 2 aliphatic rings. The quantitative estimate of drug-likeness (QED) is 0.797. The Morgan fingerprint density at radius 3 is 2.77 bits per heavy atom. The van der Waals surface area contributed by atoms with Gasteiger partial charge in [-0.3, -0.25) is 4.79 Å². The van der Waals surface area contributed by atoms with Crippen LogP contribution in [0.15, 0.2) is 40.9 Å². The third kappa shape index (κ3) is 4.15. The van der Waals surface area contributed by atoms with Gasteiger partial charge in [-0.25, -0.2) is 0 Å². The normalized spacial score (nSPS) is 23.2. The van der Waals surface area contributed by atoms with Crippen molar-refractivity contribution in [2.45, 2.75) is 38.7 Å². The molecule has 0 N–H and O–H groups in total. The number of nitrogens with zero attached hydrogens (tertiary/aromatic N) is 2. The second-order valence-corrected chi connectivity index (χ2v) is 7.64. The predicted octanol–water partition coefficient (Wildman–Crippen LogP) is 3.48. The van der Waals surface area contributed by atoms with E-state index in [1.54, 1.807) is 6.07 Å². The maximum atomic E-state index is 12.7. The summed E-state index contributed by atoms with van der Waals surface area (Å²) in [5, 5.41) is 3.84. The monoisotopic (exact) mass is 354 g/mol. The number of hydrogen-bond donors (Lipinski definition) is 0. The Morgan fingerprint density at radius 1 is 1.27 bits per heavy atom. The number of rotatable bonds is 6. The SMILES string of the molecule is Cc1cc(C(=O)N2CC[C@@H](OCC3CC3)[C@@H](Cc3ccccc3)C2)on1. The molecule has 1 amide bonds. The third-order valence-electron chi connectivity index (χ3n) is 5.37. The number of amides is 1. The van der Waals surface area contributed by atoms with Crippen LogP contribution >= 0.6 is 0 Å². The number of piperidine rings is 1. The van der Waals surface area contributed by atoms with E-state index in [0.29, 0.717) is 24.8 Å². The summed E-state index contributed by atoms with van der Waals surface area (Å²) < 4.78 is 11.4. The molecule has 26 heavy (non-hydrogen) atoms. The third-order valence-corrected chi connectivity index (χ3v) is 5.37. The Labute approximate surface area is 154 Å².